The first-order chi connectivity index (χ1) is 5.31. The highest BCUT2D eigenvalue weighted by Crippen LogP contribution is 2.07. The molecule has 0 aromatic rings. The summed E-state index contributed by atoms with van der Waals surface area (Å²) in [6.07, 6.45) is -2.54. The summed E-state index contributed by atoms with van der Waals surface area (Å²) in [7, 11) is 0. The van der Waals surface area contributed by atoms with Crippen LogP contribution in [0.2, 0.25) is 0 Å². The third-order valence-corrected chi connectivity index (χ3v) is 0.611. The Bertz CT molecular complexity index is 183. The molecule has 2 N–H and O–H groups in total. The fourth-order valence-corrected chi connectivity index (χ4v) is 0.356. The summed E-state index contributed by atoms with van der Waals surface area (Å²) in [6, 6.07) is 0. The average molecular weight is 177 g/mol. The van der Waals surface area contributed by atoms with Gasteiger partial charge in [0.15, 0.2) is 0 Å². The summed E-state index contributed by atoms with van der Waals surface area (Å²) in [5.74, 6) is 0. The Labute approximate surface area is 69.4 Å². The normalized spacial score (nSPS) is 10.2. The summed E-state index contributed by atoms with van der Waals surface area (Å²) in [5.41, 5.74) is 0.713. The summed E-state index contributed by atoms with van der Waals surface area (Å²) < 4.78 is 4.60. The van der Waals surface area contributed by atoms with Gasteiger partial charge in [0.1, 0.15) is 5.60 Å². The largest absolute Gasteiger partial charge is 0.533 e. The number of carbonyl (C=O) groups is 2. The highest BCUT2D eigenvalue weighted by atomic mass is 16.8. The third kappa shape index (κ3) is 6.66. The van der Waals surface area contributed by atoms with Gasteiger partial charge in [-0.3, -0.25) is 0 Å². The monoisotopic (exact) mass is 177 g/mol. The predicted molar refractivity (Wildman–Crippen MR) is 38.5 cm³/mol. The van der Waals surface area contributed by atoms with Crippen molar-refractivity contribution in [3.05, 3.63) is 0 Å². The van der Waals surface area contributed by atoms with Crippen LogP contribution in [0.4, 0.5) is 9.59 Å². The zero-order valence-corrected chi connectivity index (χ0v) is 7.08. The SMILES string of the molecule is CC(C)(C)OC(=O)ONC(=O)O. The van der Waals surface area contributed by atoms with Gasteiger partial charge in [-0.1, -0.05) is 0 Å². The van der Waals surface area contributed by atoms with Crippen LogP contribution in [0.15, 0.2) is 0 Å². The molecule has 0 aliphatic carbocycles. The van der Waals surface area contributed by atoms with Gasteiger partial charge in [-0.05, 0) is 20.8 Å². The van der Waals surface area contributed by atoms with Gasteiger partial charge < -0.3 is 14.7 Å². The number of hydroxylamine groups is 1. The summed E-state index contributed by atoms with van der Waals surface area (Å²) >= 11 is 0. The van der Waals surface area contributed by atoms with Crippen LogP contribution >= 0.6 is 0 Å². The van der Waals surface area contributed by atoms with Crippen molar-refractivity contribution in [2.45, 2.75) is 26.4 Å². The van der Waals surface area contributed by atoms with Crippen molar-refractivity contribution in [1.29, 1.82) is 0 Å². The van der Waals surface area contributed by atoms with Gasteiger partial charge >= 0.3 is 12.2 Å². The molecule has 0 aliphatic rings. The number of ether oxygens (including phenoxy) is 1. The van der Waals surface area contributed by atoms with Crippen molar-refractivity contribution < 1.29 is 24.3 Å². The average Bonchev–Trinajstić information content (AvgIpc) is 1.79. The molecule has 6 nitrogen and oxygen atoms in total. The van der Waals surface area contributed by atoms with Crippen LogP contribution in [-0.4, -0.2) is 23.0 Å². The fraction of sp³-hybridized carbons (Fsp3) is 0.667. The standard InChI is InChI=1S/C6H11NO5/c1-6(2,3)11-5(10)12-7-4(8)9/h7H,1-3H3,(H,8,9). The Morgan fingerprint density at radius 2 is 1.83 bits per heavy atom. The van der Waals surface area contributed by atoms with Crippen LogP contribution in [0.25, 0.3) is 0 Å². The van der Waals surface area contributed by atoms with Gasteiger partial charge in [0.2, 0.25) is 0 Å². The van der Waals surface area contributed by atoms with Crippen LogP contribution in [0.3, 0.4) is 0 Å². The van der Waals surface area contributed by atoms with E-state index in [2.05, 4.69) is 9.57 Å². The number of amides is 1. The van der Waals surface area contributed by atoms with E-state index in [4.69, 9.17) is 5.11 Å². The summed E-state index contributed by atoms with van der Waals surface area (Å²) in [6.45, 7) is 4.90. The number of hydrogen-bond acceptors (Lipinski definition) is 4. The van der Waals surface area contributed by atoms with Gasteiger partial charge in [0.25, 0.3) is 0 Å². The highest BCUT2D eigenvalue weighted by molar-refractivity contribution is 5.67. The van der Waals surface area contributed by atoms with E-state index in [1.54, 1.807) is 20.8 Å². The van der Waals surface area contributed by atoms with Crippen LogP contribution in [0, 0.1) is 0 Å². The molecule has 0 aromatic carbocycles. The lowest BCUT2D eigenvalue weighted by molar-refractivity contribution is -0.0285. The number of carbonyl (C=O) groups excluding carboxylic acids is 1. The Kier molecular flexibility index (Phi) is 3.33. The molecular formula is C6H11NO5. The number of hydrogen-bond donors (Lipinski definition) is 2. The minimum Gasteiger partial charge on any atom is -0.463 e. The molecule has 70 valence electrons. The van der Waals surface area contributed by atoms with Gasteiger partial charge in [0, 0.05) is 0 Å². The predicted octanol–water partition coefficient (Wildman–Crippen LogP) is 1.12. The molecule has 6 heteroatoms. The smallest absolute Gasteiger partial charge is 0.463 e. The Morgan fingerprint density at radius 3 is 2.17 bits per heavy atom. The van der Waals surface area contributed by atoms with E-state index in [-0.39, 0.29) is 0 Å². The zero-order chi connectivity index (χ0) is 9.78. The molecule has 0 fully saturated rings. The Morgan fingerprint density at radius 1 is 1.33 bits per heavy atom. The van der Waals surface area contributed by atoms with Gasteiger partial charge in [-0.25, -0.2) is 9.59 Å². The fourth-order valence-electron chi connectivity index (χ4n) is 0.356. The second-order valence-corrected chi connectivity index (χ2v) is 2.97. The molecule has 0 atom stereocenters. The molecule has 0 unspecified atom stereocenters. The first-order valence-corrected chi connectivity index (χ1v) is 3.20. The number of nitrogens with one attached hydrogen (secondary N) is 1. The minimum atomic E-state index is -1.46. The van der Waals surface area contributed by atoms with Crippen molar-refractivity contribution in [1.82, 2.24) is 5.48 Å². The Hall–Kier alpha value is -1.46. The lowest BCUT2D eigenvalue weighted by atomic mass is 10.2. The van der Waals surface area contributed by atoms with E-state index in [0.717, 1.165) is 0 Å². The topological polar surface area (TPSA) is 84.9 Å². The zero-order valence-electron chi connectivity index (χ0n) is 7.08. The summed E-state index contributed by atoms with van der Waals surface area (Å²) in [5, 5.41) is 8.02. The van der Waals surface area contributed by atoms with Crippen LogP contribution in [0.1, 0.15) is 20.8 Å². The van der Waals surface area contributed by atoms with E-state index in [0.29, 0.717) is 0 Å². The van der Waals surface area contributed by atoms with Crippen LogP contribution in [0.5, 0.6) is 0 Å². The molecule has 0 aromatic heterocycles. The molecule has 12 heavy (non-hydrogen) atoms. The second kappa shape index (κ2) is 3.80. The first-order valence-electron chi connectivity index (χ1n) is 3.20. The quantitative estimate of drug-likeness (QED) is 0.427. The lowest BCUT2D eigenvalue weighted by Gasteiger charge is -2.17. The van der Waals surface area contributed by atoms with E-state index >= 15 is 0 Å². The van der Waals surface area contributed by atoms with E-state index in [1.165, 1.54) is 5.48 Å². The van der Waals surface area contributed by atoms with Gasteiger partial charge in [-0.2, -0.15) is 0 Å². The van der Waals surface area contributed by atoms with Crippen molar-refractivity contribution in [2.24, 2.45) is 0 Å². The van der Waals surface area contributed by atoms with Crippen LogP contribution < -0.4 is 5.48 Å². The minimum absolute atomic E-state index is 0.697. The van der Waals surface area contributed by atoms with Crippen molar-refractivity contribution >= 4 is 12.2 Å². The molecular weight excluding hydrogens is 166 g/mol. The van der Waals surface area contributed by atoms with Crippen molar-refractivity contribution in [3.8, 4) is 0 Å². The molecule has 0 rings (SSSR count). The Balaban J connectivity index is 3.68. The van der Waals surface area contributed by atoms with Crippen molar-refractivity contribution in [3.63, 3.8) is 0 Å². The molecule has 1 amide bonds. The van der Waals surface area contributed by atoms with E-state index in [1.807, 2.05) is 0 Å². The maximum Gasteiger partial charge on any atom is 0.533 e. The molecule has 0 heterocycles. The number of carboxylic acid groups (broad SMARTS) is 1. The van der Waals surface area contributed by atoms with E-state index < -0.39 is 17.8 Å². The lowest BCUT2D eigenvalue weighted by Crippen LogP contribution is -2.30. The first kappa shape index (κ1) is 10.5. The van der Waals surface area contributed by atoms with Gasteiger partial charge in [-0.15, -0.1) is 5.48 Å². The maximum atomic E-state index is 10.6. The molecule has 0 spiro atoms. The van der Waals surface area contributed by atoms with Gasteiger partial charge in [0.05, 0.1) is 0 Å². The maximum absolute atomic E-state index is 10.6. The second-order valence-electron chi connectivity index (χ2n) is 2.97. The molecule has 0 radical (unpaired) electrons. The van der Waals surface area contributed by atoms with Crippen LogP contribution in [-0.2, 0) is 9.57 Å². The van der Waals surface area contributed by atoms with Crippen molar-refractivity contribution in [2.75, 3.05) is 0 Å². The summed E-state index contributed by atoms with van der Waals surface area (Å²) in [4.78, 5) is 24.4. The molecule has 0 saturated heterocycles. The van der Waals surface area contributed by atoms with E-state index in [9.17, 15) is 9.59 Å². The highest BCUT2D eigenvalue weighted by Gasteiger charge is 2.18. The third-order valence-electron chi connectivity index (χ3n) is 0.611. The molecule has 0 saturated carbocycles. The molecule has 0 bridgehead atoms. The molecule has 0 aliphatic heterocycles. The number of rotatable bonds is 0.